The van der Waals surface area contributed by atoms with Gasteiger partial charge in [0, 0.05) is 23.8 Å². The Balaban J connectivity index is 2.03. The molecule has 1 aliphatic rings. The number of nitrogens with zero attached hydrogens (tertiary/aromatic N) is 1. The number of hydrogen-bond donors (Lipinski definition) is 3. The number of likely N-dealkylation sites (tertiary alicyclic amines) is 1. The highest BCUT2D eigenvalue weighted by Crippen LogP contribution is 2.20. The van der Waals surface area contributed by atoms with E-state index in [1.54, 1.807) is 18.0 Å². The molecule has 0 spiro atoms. The minimum absolute atomic E-state index is 0.0522. The van der Waals surface area contributed by atoms with E-state index in [0.717, 1.165) is 0 Å². The van der Waals surface area contributed by atoms with Crippen LogP contribution in [0.15, 0.2) is 22.7 Å². The predicted octanol–water partition coefficient (Wildman–Crippen LogP) is 1.50. The summed E-state index contributed by atoms with van der Waals surface area (Å²) in [4.78, 5) is 36.0. The van der Waals surface area contributed by atoms with Crippen molar-refractivity contribution in [3.05, 3.63) is 28.2 Å². The normalized spacial score (nSPS) is 17.7. The molecule has 8 heteroatoms. The van der Waals surface area contributed by atoms with E-state index in [-0.39, 0.29) is 11.5 Å². The molecule has 0 aliphatic carbocycles. The Morgan fingerprint density at radius 1 is 1.38 bits per heavy atom. The number of urea groups is 1. The van der Waals surface area contributed by atoms with Crippen molar-refractivity contribution < 1.29 is 19.5 Å². The van der Waals surface area contributed by atoms with Gasteiger partial charge < -0.3 is 20.6 Å². The molecule has 3 N–H and O–H groups in total. The van der Waals surface area contributed by atoms with Gasteiger partial charge in [-0.2, -0.15) is 0 Å². The molecule has 1 fully saturated rings. The number of carboxylic acids is 1. The van der Waals surface area contributed by atoms with Crippen molar-refractivity contribution in [2.24, 2.45) is 0 Å². The molecule has 1 atom stereocenters. The lowest BCUT2D eigenvalue weighted by Gasteiger charge is -2.13. The summed E-state index contributed by atoms with van der Waals surface area (Å²) in [6, 6.07) is 3.27. The molecule has 1 aromatic carbocycles. The van der Waals surface area contributed by atoms with Gasteiger partial charge in [0.2, 0.25) is 5.91 Å². The molecule has 0 bridgehead atoms. The lowest BCUT2D eigenvalue weighted by atomic mass is 10.2. The molecule has 7 nitrogen and oxygen atoms in total. The molecule has 112 valence electrons. The van der Waals surface area contributed by atoms with Gasteiger partial charge in [0.25, 0.3) is 0 Å². The fourth-order valence-electron chi connectivity index (χ4n) is 2.07. The lowest BCUT2D eigenvalue weighted by Crippen LogP contribution is -2.42. The number of rotatable bonds is 3. The second-order valence-electron chi connectivity index (χ2n) is 4.73. The maximum atomic E-state index is 11.9. The fourth-order valence-corrected chi connectivity index (χ4v) is 2.56. The summed E-state index contributed by atoms with van der Waals surface area (Å²) in [5.74, 6) is -1.22. The maximum Gasteiger partial charge on any atom is 0.335 e. The SMILES string of the molecule is CN1CCC(NC(=O)Nc2cc(Br)cc(C(=O)O)c2)C1=O. The molecule has 1 saturated heterocycles. The third kappa shape index (κ3) is 3.72. The Kier molecular flexibility index (Phi) is 4.46. The average molecular weight is 356 g/mol. The van der Waals surface area contributed by atoms with E-state index >= 15 is 0 Å². The van der Waals surface area contributed by atoms with Crippen LogP contribution in [0.3, 0.4) is 0 Å². The van der Waals surface area contributed by atoms with E-state index in [4.69, 9.17) is 5.11 Å². The smallest absolute Gasteiger partial charge is 0.335 e. The van der Waals surface area contributed by atoms with Gasteiger partial charge in [-0.1, -0.05) is 15.9 Å². The van der Waals surface area contributed by atoms with Crippen molar-refractivity contribution in [1.82, 2.24) is 10.2 Å². The van der Waals surface area contributed by atoms with Crippen LogP contribution in [0.2, 0.25) is 0 Å². The zero-order valence-electron chi connectivity index (χ0n) is 11.2. The van der Waals surface area contributed by atoms with Crippen LogP contribution in [0, 0.1) is 0 Å². The number of amides is 3. The number of benzene rings is 1. The third-order valence-electron chi connectivity index (χ3n) is 3.14. The van der Waals surface area contributed by atoms with Gasteiger partial charge in [-0.05, 0) is 24.6 Å². The van der Waals surface area contributed by atoms with Gasteiger partial charge in [-0.3, -0.25) is 4.79 Å². The summed E-state index contributed by atoms with van der Waals surface area (Å²) in [6.45, 7) is 0.601. The first-order chi connectivity index (χ1) is 9.86. The van der Waals surface area contributed by atoms with Gasteiger partial charge in [0.05, 0.1) is 5.56 Å². The molecule has 0 aromatic heterocycles. The molecule has 1 heterocycles. The molecule has 3 amide bonds. The van der Waals surface area contributed by atoms with E-state index in [1.165, 1.54) is 12.1 Å². The summed E-state index contributed by atoms with van der Waals surface area (Å²) in [7, 11) is 1.68. The number of anilines is 1. The number of carboxylic acid groups (broad SMARTS) is 1. The Bertz CT molecular complexity index is 605. The molecule has 0 saturated carbocycles. The monoisotopic (exact) mass is 355 g/mol. The van der Waals surface area contributed by atoms with Crippen LogP contribution < -0.4 is 10.6 Å². The van der Waals surface area contributed by atoms with E-state index in [0.29, 0.717) is 23.1 Å². The molecular formula is C13H14BrN3O4. The van der Waals surface area contributed by atoms with E-state index in [1.807, 2.05) is 0 Å². The number of carbonyl (C=O) groups is 3. The predicted molar refractivity (Wildman–Crippen MR) is 79.3 cm³/mol. The Hall–Kier alpha value is -2.09. The third-order valence-corrected chi connectivity index (χ3v) is 3.59. The first-order valence-corrected chi connectivity index (χ1v) is 7.02. The number of carbonyl (C=O) groups excluding carboxylic acids is 2. The van der Waals surface area contributed by atoms with Crippen molar-refractivity contribution >= 4 is 39.5 Å². The molecule has 21 heavy (non-hydrogen) atoms. The van der Waals surface area contributed by atoms with Gasteiger partial charge in [0.15, 0.2) is 0 Å². The van der Waals surface area contributed by atoms with Crippen LogP contribution in [0.25, 0.3) is 0 Å². The van der Waals surface area contributed by atoms with Crippen molar-refractivity contribution in [3.63, 3.8) is 0 Å². The number of aromatic carboxylic acids is 1. The fraction of sp³-hybridized carbons (Fsp3) is 0.308. The second kappa shape index (κ2) is 6.13. The lowest BCUT2D eigenvalue weighted by molar-refractivity contribution is -0.128. The largest absolute Gasteiger partial charge is 0.478 e. The van der Waals surface area contributed by atoms with E-state index in [9.17, 15) is 14.4 Å². The van der Waals surface area contributed by atoms with Crippen molar-refractivity contribution in [3.8, 4) is 0 Å². The van der Waals surface area contributed by atoms with Crippen LogP contribution in [-0.2, 0) is 4.79 Å². The second-order valence-corrected chi connectivity index (χ2v) is 5.65. The number of hydrogen-bond acceptors (Lipinski definition) is 3. The topological polar surface area (TPSA) is 98.7 Å². The first-order valence-electron chi connectivity index (χ1n) is 6.23. The van der Waals surface area contributed by atoms with Crippen molar-refractivity contribution in [2.75, 3.05) is 18.9 Å². The number of halogens is 1. The Labute approximate surface area is 129 Å². The Morgan fingerprint density at radius 2 is 2.10 bits per heavy atom. The Morgan fingerprint density at radius 3 is 2.67 bits per heavy atom. The van der Waals surface area contributed by atoms with Gasteiger partial charge in [0.1, 0.15) is 6.04 Å². The highest BCUT2D eigenvalue weighted by molar-refractivity contribution is 9.10. The van der Waals surface area contributed by atoms with Crippen LogP contribution in [-0.4, -0.2) is 47.5 Å². The van der Waals surface area contributed by atoms with Gasteiger partial charge >= 0.3 is 12.0 Å². The van der Waals surface area contributed by atoms with Crippen molar-refractivity contribution in [2.45, 2.75) is 12.5 Å². The van der Waals surface area contributed by atoms with Crippen LogP contribution >= 0.6 is 15.9 Å². The molecule has 0 radical (unpaired) electrons. The summed E-state index contributed by atoms with van der Waals surface area (Å²) in [5, 5.41) is 14.1. The number of nitrogens with one attached hydrogen (secondary N) is 2. The van der Waals surface area contributed by atoms with Crippen LogP contribution in [0.4, 0.5) is 10.5 Å². The highest BCUT2D eigenvalue weighted by atomic mass is 79.9. The minimum Gasteiger partial charge on any atom is -0.478 e. The highest BCUT2D eigenvalue weighted by Gasteiger charge is 2.30. The number of likely N-dealkylation sites (N-methyl/N-ethyl adjacent to an activating group) is 1. The zero-order chi connectivity index (χ0) is 15.6. The zero-order valence-corrected chi connectivity index (χ0v) is 12.8. The molecule has 1 unspecified atom stereocenters. The molecular weight excluding hydrogens is 342 g/mol. The molecule has 1 aromatic rings. The average Bonchev–Trinajstić information content (AvgIpc) is 2.70. The minimum atomic E-state index is -1.09. The van der Waals surface area contributed by atoms with Crippen LogP contribution in [0.5, 0.6) is 0 Å². The summed E-state index contributed by atoms with van der Waals surface area (Å²) in [5.41, 5.74) is 0.384. The summed E-state index contributed by atoms with van der Waals surface area (Å²) >= 11 is 3.18. The molecule has 1 aliphatic heterocycles. The van der Waals surface area contributed by atoms with Gasteiger partial charge in [-0.25, -0.2) is 9.59 Å². The first kappa shape index (κ1) is 15.3. The van der Waals surface area contributed by atoms with Crippen LogP contribution in [0.1, 0.15) is 16.8 Å². The van der Waals surface area contributed by atoms with Gasteiger partial charge in [-0.15, -0.1) is 0 Å². The quantitative estimate of drug-likeness (QED) is 0.764. The van der Waals surface area contributed by atoms with E-state index in [2.05, 4.69) is 26.6 Å². The van der Waals surface area contributed by atoms with E-state index < -0.39 is 18.0 Å². The molecule has 2 rings (SSSR count). The summed E-state index contributed by atoms with van der Waals surface area (Å²) in [6.07, 6.45) is 0.557. The van der Waals surface area contributed by atoms with Crippen molar-refractivity contribution in [1.29, 1.82) is 0 Å². The standard InChI is InChI=1S/C13H14BrN3O4/c1-17-3-2-10(11(17)18)16-13(21)15-9-5-7(12(19)20)4-8(14)6-9/h4-6,10H,2-3H2,1H3,(H,19,20)(H2,15,16,21). The maximum absolute atomic E-state index is 11.9. The summed E-state index contributed by atoms with van der Waals surface area (Å²) < 4.78 is 0.536.